The van der Waals surface area contributed by atoms with Gasteiger partial charge in [-0.3, -0.25) is 14.6 Å². The summed E-state index contributed by atoms with van der Waals surface area (Å²) in [7, 11) is 0. The average Bonchev–Trinajstić information content (AvgIpc) is 3.10. The summed E-state index contributed by atoms with van der Waals surface area (Å²) in [5.41, 5.74) is 1.07. The number of pyridine rings is 1. The molecule has 1 aromatic rings. The van der Waals surface area contributed by atoms with Crippen molar-refractivity contribution in [2.24, 2.45) is 0 Å². The topological polar surface area (TPSA) is 53.5 Å². The van der Waals surface area contributed by atoms with E-state index in [1.165, 1.54) is 0 Å². The zero-order chi connectivity index (χ0) is 16.1. The lowest BCUT2D eigenvalue weighted by Gasteiger charge is -2.32. The van der Waals surface area contributed by atoms with Gasteiger partial charge in [-0.25, -0.2) is 0 Å². The van der Waals surface area contributed by atoms with E-state index in [4.69, 9.17) is 0 Å². The minimum absolute atomic E-state index is 0.0936. The van der Waals surface area contributed by atoms with Crippen molar-refractivity contribution in [3.8, 4) is 0 Å². The minimum atomic E-state index is -0.237. The molecule has 124 valence electrons. The van der Waals surface area contributed by atoms with Crippen molar-refractivity contribution >= 4 is 23.6 Å². The zero-order valence-electron chi connectivity index (χ0n) is 13.3. The summed E-state index contributed by atoms with van der Waals surface area (Å²) in [6.45, 7) is 2.35. The molecule has 0 radical (unpaired) electrons. The Labute approximate surface area is 141 Å². The zero-order valence-corrected chi connectivity index (χ0v) is 14.1. The second-order valence-electron chi connectivity index (χ2n) is 6.04. The van der Waals surface area contributed by atoms with Gasteiger partial charge in [-0.1, -0.05) is 6.07 Å². The van der Waals surface area contributed by atoms with E-state index in [1.807, 2.05) is 28.8 Å². The van der Waals surface area contributed by atoms with Crippen LogP contribution >= 0.6 is 11.8 Å². The molecule has 3 heterocycles. The number of hydrogen-bond donors (Lipinski definition) is 0. The lowest BCUT2D eigenvalue weighted by molar-refractivity contribution is -0.143. The van der Waals surface area contributed by atoms with E-state index in [2.05, 4.69) is 4.98 Å². The molecule has 23 heavy (non-hydrogen) atoms. The van der Waals surface area contributed by atoms with Crippen molar-refractivity contribution in [3.63, 3.8) is 0 Å². The molecule has 2 saturated heterocycles. The van der Waals surface area contributed by atoms with Crippen molar-refractivity contribution in [2.75, 3.05) is 31.1 Å². The fourth-order valence-corrected chi connectivity index (χ4v) is 4.16. The van der Waals surface area contributed by atoms with Crippen molar-refractivity contribution in [1.29, 1.82) is 0 Å². The first kappa shape index (κ1) is 16.3. The summed E-state index contributed by atoms with van der Waals surface area (Å²) in [6.07, 6.45) is 6.40. The Morgan fingerprint density at radius 1 is 1.26 bits per heavy atom. The summed E-state index contributed by atoms with van der Waals surface area (Å²) in [5, 5.41) is 0. The number of nitrogens with zero attached hydrogens (tertiary/aromatic N) is 3. The first-order valence-corrected chi connectivity index (χ1v) is 9.46. The lowest BCUT2D eigenvalue weighted by atomic mass is 10.1. The molecule has 2 aliphatic heterocycles. The highest BCUT2D eigenvalue weighted by Gasteiger charge is 2.36. The molecule has 2 amide bonds. The fraction of sp³-hybridized carbons (Fsp3) is 0.588. The van der Waals surface area contributed by atoms with Crippen LogP contribution in [0, 0.1) is 0 Å². The maximum Gasteiger partial charge on any atom is 0.245 e. The van der Waals surface area contributed by atoms with Gasteiger partial charge in [0.05, 0.1) is 0 Å². The van der Waals surface area contributed by atoms with E-state index < -0.39 is 0 Å². The molecule has 0 aliphatic carbocycles. The Bertz CT molecular complexity index is 546. The number of rotatable bonds is 4. The van der Waals surface area contributed by atoms with Gasteiger partial charge in [0.25, 0.3) is 0 Å². The second kappa shape index (κ2) is 7.81. The van der Waals surface area contributed by atoms with Gasteiger partial charge in [0.1, 0.15) is 6.04 Å². The lowest BCUT2D eigenvalue weighted by Crippen LogP contribution is -2.50. The summed E-state index contributed by atoms with van der Waals surface area (Å²) in [4.78, 5) is 33.1. The average molecular weight is 333 g/mol. The van der Waals surface area contributed by atoms with Gasteiger partial charge in [0.2, 0.25) is 11.8 Å². The highest BCUT2D eigenvalue weighted by molar-refractivity contribution is 7.99. The van der Waals surface area contributed by atoms with E-state index in [1.54, 1.807) is 17.3 Å². The molecule has 2 fully saturated rings. The molecule has 1 aromatic heterocycles. The summed E-state index contributed by atoms with van der Waals surface area (Å²) in [6, 6.07) is 3.63. The molecule has 0 unspecified atom stereocenters. The molecule has 0 saturated carbocycles. The third kappa shape index (κ3) is 4.05. The molecular weight excluding hydrogens is 310 g/mol. The van der Waals surface area contributed by atoms with E-state index >= 15 is 0 Å². The number of aromatic nitrogens is 1. The first-order valence-electron chi connectivity index (χ1n) is 8.30. The Hall–Kier alpha value is -1.56. The van der Waals surface area contributed by atoms with E-state index in [-0.39, 0.29) is 17.9 Å². The standard InChI is InChI=1S/C17H23N3O2S/c21-16(6-5-14-3-1-7-18-13-14)20-8-2-4-15(20)17(22)19-9-11-23-12-10-19/h1,3,7,13,15H,2,4-6,8-12H2/t15-/m0/s1. The quantitative estimate of drug-likeness (QED) is 0.839. The van der Waals surface area contributed by atoms with Gasteiger partial charge < -0.3 is 9.80 Å². The van der Waals surface area contributed by atoms with Gasteiger partial charge in [-0.2, -0.15) is 11.8 Å². The van der Waals surface area contributed by atoms with Gasteiger partial charge >= 0.3 is 0 Å². The molecular formula is C17H23N3O2S. The van der Waals surface area contributed by atoms with Crippen LogP contribution in [0.1, 0.15) is 24.8 Å². The number of amides is 2. The van der Waals surface area contributed by atoms with Crippen molar-refractivity contribution in [2.45, 2.75) is 31.7 Å². The molecule has 6 heteroatoms. The number of hydrogen-bond acceptors (Lipinski definition) is 4. The highest BCUT2D eigenvalue weighted by atomic mass is 32.2. The monoisotopic (exact) mass is 333 g/mol. The number of carbonyl (C=O) groups excluding carboxylic acids is 2. The SMILES string of the molecule is O=C([C@@H]1CCCN1C(=O)CCc1cccnc1)N1CCSCC1. The smallest absolute Gasteiger partial charge is 0.245 e. The molecule has 0 aromatic carbocycles. The molecule has 0 spiro atoms. The molecule has 3 rings (SSSR count). The molecule has 0 bridgehead atoms. The number of carbonyl (C=O) groups is 2. The molecule has 2 aliphatic rings. The molecule has 1 atom stereocenters. The first-order chi connectivity index (χ1) is 11.3. The normalized spacial score (nSPS) is 21.5. The van der Waals surface area contributed by atoms with Crippen LogP contribution in [0.25, 0.3) is 0 Å². The van der Waals surface area contributed by atoms with E-state index in [9.17, 15) is 9.59 Å². The Morgan fingerprint density at radius 2 is 2.09 bits per heavy atom. The summed E-state index contributed by atoms with van der Waals surface area (Å²) >= 11 is 1.89. The van der Waals surface area contributed by atoms with Gasteiger partial charge in [0.15, 0.2) is 0 Å². The van der Waals surface area contributed by atoms with Crippen LogP contribution in [0.2, 0.25) is 0 Å². The van der Waals surface area contributed by atoms with Gasteiger partial charge in [0, 0.05) is 50.0 Å². The largest absolute Gasteiger partial charge is 0.339 e. The van der Waals surface area contributed by atoms with Crippen LogP contribution in [0.15, 0.2) is 24.5 Å². The molecule has 5 nitrogen and oxygen atoms in total. The van der Waals surface area contributed by atoms with Crippen LogP contribution in [-0.4, -0.2) is 63.8 Å². The summed E-state index contributed by atoms with van der Waals surface area (Å²) < 4.78 is 0. The predicted molar refractivity (Wildman–Crippen MR) is 91.2 cm³/mol. The Kier molecular flexibility index (Phi) is 5.54. The van der Waals surface area contributed by atoms with Crippen LogP contribution in [0.3, 0.4) is 0 Å². The van der Waals surface area contributed by atoms with Gasteiger partial charge in [-0.05, 0) is 30.9 Å². The number of likely N-dealkylation sites (tertiary alicyclic amines) is 1. The third-order valence-electron chi connectivity index (χ3n) is 4.53. The van der Waals surface area contributed by atoms with E-state index in [0.717, 1.165) is 43.0 Å². The maximum atomic E-state index is 12.7. The van der Waals surface area contributed by atoms with Crippen molar-refractivity contribution < 1.29 is 9.59 Å². The number of thioether (sulfide) groups is 1. The van der Waals surface area contributed by atoms with Crippen LogP contribution < -0.4 is 0 Å². The predicted octanol–water partition coefficient (Wildman–Crippen LogP) is 1.58. The van der Waals surface area contributed by atoms with Crippen molar-refractivity contribution in [1.82, 2.24) is 14.8 Å². The third-order valence-corrected chi connectivity index (χ3v) is 5.47. The van der Waals surface area contributed by atoms with Crippen LogP contribution in [0.4, 0.5) is 0 Å². The summed E-state index contributed by atoms with van der Waals surface area (Å²) in [5.74, 6) is 2.26. The minimum Gasteiger partial charge on any atom is -0.339 e. The van der Waals surface area contributed by atoms with Crippen molar-refractivity contribution in [3.05, 3.63) is 30.1 Å². The Morgan fingerprint density at radius 3 is 2.83 bits per heavy atom. The van der Waals surface area contributed by atoms with E-state index in [0.29, 0.717) is 19.4 Å². The van der Waals surface area contributed by atoms with Crippen LogP contribution in [-0.2, 0) is 16.0 Å². The van der Waals surface area contributed by atoms with Crippen LogP contribution in [0.5, 0.6) is 0 Å². The van der Waals surface area contributed by atoms with Gasteiger partial charge in [-0.15, -0.1) is 0 Å². The fourth-order valence-electron chi connectivity index (χ4n) is 3.26. The molecule has 0 N–H and O–H groups in total. The Balaban J connectivity index is 1.57. The highest BCUT2D eigenvalue weighted by Crippen LogP contribution is 2.22. The second-order valence-corrected chi connectivity index (χ2v) is 7.27. The number of aryl methyl sites for hydroxylation is 1. The maximum absolute atomic E-state index is 12.7.